The predicted octanol–water partition coefficient (Wildman–Crippen LogP) is 6.14. The first-order valence-electron chi connectivity index (χ1n) is 10.2. The standard InChI is InChI=1S/C22H25N3O.C2H6/c1-3-5-15-25(4-2)21-16-19(18-13-9-10-14-20(18)24-21)22(26)23-17-11-7-6-8-12-17;1-2/h6-14,16H,3-5,15H2,1-2H3,(H,23,26);1-2H3. The first kappa shape index (κ1) is 21.4. The van der Waals surface area contributed by atoms with Crippen LogP contribution in [-0.2, 0) is 0 Å². The molecule has 28 heavy (non-hydrogen) atoms. The largest absolute Gasteiger partial charge is 0.357 e. The van der Waals surface area contributed by atoms with E-state index in [1.807, 2.05) is 74.5 Å². The minimum Gasteiger partial charge on any atom is -0.357 e. The Morgan fingerprint density at radius 3 is 2.36 bits per heavy atom. The number of fused-ring (bicyclic) bond motifs is 1. The van der Waals surface area contributed by atoms with E-state index in [1.165, 1.54) is 0 Å². The molecule has 0 unspecified atom stereocenters. The summed E-state index contributed by atoms with van der Waals surface area (Å²) in [6.07, 6.45) is 2.24. The zero-order valence-corrected chi connectivity index (χ0v) is 17.4. The van der Waals surface area contributed by atoms with Gasteiger partial charge in [-0.25, -0.2) is 4.98 Å². The van der Waals surface area contributed by atoms with E-state index in [-0.39, 0.29) is 5.91 Å². The summed E-state index contributed by atoms with van der Waals surface area (Å²) in [4.78, 5) is 20.0. The zero-order valence-electron chi connectivity index (χ0n) is 17.4. The highest BCUT2D eigenvalue weighted by Gasteiger charge is 2.15. The van der Waals surface area contributed by atoms with Crippen molar-refractivity contribution < 1.29 is 4.79 Å². The van der Waals surface area contributed by atoms with E-state index in [2.05, 4.69) is 24.1 Å². The number of nitrogens with one attached hydrogen (secondary N) is 1. The number of hydrogen-bond acceptors (Lipinski definition) is 3. The molecule has 0 aliphatic rings. The molecule has 3 rings (SSSR count). The number of pyridine rings is 1. The zero-order chi connectivity index (χ0) is 20.4. The minimum atomic E-state index is -0.109. The maximum Gasteiger partial charge on any atom is 0.256 e. The van der Waals surface area contributed by atoms with Crippen LogP contribution in [-0.4, -0.2) is 24.0 Å². The Hall–Kier alpha value is -2.88. The van der Waals surface area contributed by atoms with Crippen molar-refractivity contribution in [3.8, 4) is 0 Å². The van der Waals surface area contributed by atoms with Crippen LogP contribution in [0.4, 0.5) is 11.5 Å². The third-order valence-electron chi connectivity index (χ3n) is 4.47. The summed E-state index contributed by atoms with van der Waals surface area (Å²) in [5.74, 6) is 0.750. The fourth-order valence-corrected chi connectivity index (χ4v) is 3.01. The molecule has 148 valence electrons. The Balaban J connectivity index is 0.00000136. The van der Waals surface area contributed by atoms with E-state index in [4.69, 9.17) is 4.98 Å². The Morgan fingerprint density at radius 1 is 1.00 bits per heavy atom. The van der Waals surface area contributed by atoms with E-state index >= 15 is 0 Å². The van der Waals surface area contributed by atoms with Crippen LogP contribution in [0.1, 0.15) is 50.9 Å². The van der Waals surface area contributed by atoms with E-state index < -0.39 is 0 Å². The highest BCUT2D eigenvalue weighted by Crippen LogP contribution is 2.24. The fraction of sp³-hybridized carbons (Fsp3) is 0.333. The van der Waals surface area contributed by atoms with Gasteiger partial charge in [0.05, 0.1) is 11.1 Å². The van der Waals surface area contributed by atoms with Gasteiger partial charge in [0.15, 0.2) is 0 Å². The van der Waals surface area contributed by atoms with Gasteiger partial charge in [0.2, 0.25) is 0 Å². The number of hydrogen-bond donors (Lipinski definition) is 1. The normalized spacial score (nSPS) is 10.1. The van der Waals surface area contributed by atoms with Crippen molar-refractivity contribution in [3.63, 3.8) is 0 Å². The van der Waals surface area contributed by atoms with Crippen molar-refractivity contribution in [2.75, 3.05) is 23.3 Å². The van der Waals surface area contributed by atoms with Gasteiger partial charge in [0.1, 0.15) is 5.82 Å². The van der Waals surface area contributed by atoms with E-state index in [9.17, 15) is 4.79 Å². The van der Waals surface area contributed by atoms with Crippen molar-refractivity contribution in [2.24, 2.45) is 0 Å². The highest BCUT2D eigenvalue weighted by molar-refractivity contribution is 6.13. The second-order valence-corrected chi connectivity index (χ2v) is 6.30. The molecule has 1 heterocycles. The second-order valence-electron chi connectivity index (χ2n) is 6.30. The monoisotopic (exact) mass is 377 g/mol. The SMILES string of the molecule is CC.CCCCN(CC)c1cc(C(=O)Nc2ccccc2)c2ccccc2n1. The van der Waals surface area contributed by atoms with Crippen LogP contribution >= 0.6 is 0 Å². The van der Waals surface area contributed by atoms with Crippen LogP contribution in [0.3, 0.4) is 0 Å². The summed E-state index contributed by atoms with van der Waals surface area (Å²) in [6.45, 7) is 10.1. The third-order valence-corrected chi connectivity index (χ3v) is 4.47. The second kappa shape index (κ2) is 11.1. The summed E-state index contributed by atoms with van der Waals surface area (Å²) >= 11 is 0. The molecule has 1 aromatic heterocycles. The van der Waals surface area contributed by atoms with Gasteiger partial charge in [-0.15, -0.1) is 0 Å². The van der Waals surface area contributed by atoms with E-state index in [0.29, 0.717) is 5.56 Å². The van der Waals surface area contributed by atoms with Crippen molar-refractivity contribution in [1.29, 1.82) is 0 Å². The number of anilines is 2. The van der Waals surface area contributed by atoms with Gasteiger partial charge in [0.25, 0.3) is 5.91 Å². The quantitative estimate of drug-likeness (QED) is 0.538. The third kappa shape index (κ3) is 5.32. The number of amides is 1. The van der Waals surface area contributed by atoms with Crippen LogP contribution in [0.5, 0.6) is 0 Å². The Kier molecular flexibility index (Phi) is 8.47. The number of nitrogens with zero attached hydrogens (tertiary/aromatic N) is 2. The Labute approximate surface area is 168 Å². The number of para-hydroxylation sites is 2. The van der Waals surface area contributed by atoms with Gasteiger partial charge in [-0.05, 0) is 37.6 Å². The molecule has 0 saturated heterocycles. The summed E-state index contributed by atoms with van der Waals surface area (Å²) in [5.41, 5.74) is 2.29. The average molecular weight is 378 g/mol. The molecule has 2 aromatic carbocycles. The maximum absolute atomic E-state index is 12.9. The summed E-state index contributed by atoms with van der Waals surface area (Å²) in [5, 5.41) is 3.86. The van der Waals surface area contributed by atoms with Crippen LogP contribution in [0, 0.1) is 0 Å². The molecular weight excluding hydrogens is 346 g/mol. The molecule has 1 N–H and O–H groups in total. The molecule has 0 aliphatic heterocycles. The molecule has 0 radical (unpaired) electrons. The van der Waals surface area contributed by atoms with Gasteiger partial charge < -0.3 is 10.2 Å². The topological polar surface area (TPSA) is 45.2 Å². The molecule has 1 amide bonds. The predicted molar refractivity (Wildman–Crippen MR) is 120 cm³/mol. The smallest absolute Gasteiger partial charge is 0.256 e. The first-order valence-corrected chi connectivity index (χ1v) is 10.2. The van der Waals surface area contributed by atoms with Gasteiger partial charge in [0, 0.05) is 24.2 Å². The van der Waals surface area contributed by atoms with Gasteiger partial charge in [-0.3, -0.25) is 4.79 Å². The lowest BCUT2D eigenvalue weighted by Gasteiger charge is -2.23. The highest BCUT2D eigenvalue weighted by atomic mass is 16.1. The molecule has 4 heteroatoms. The van der Waals surface area contributed by atoms with Crippen LogP contribution < -0.4 is 10.2 Å². The molecule has 0 fully saturated rings. The molecule has 4 nitrogen and oxygen atoms in total. The molecule has 0 atom stereocenters. The Morgan fingerprint density at radius 2 is 1.68 bits per heavy atom. The molecule has 0 aliphatic carbocycles. The number of unbranched alkanes of at least 4 members (excludes halogenated alkanes) is 1. The molecule has 0 spiro atoms. The Bertz CT molecular complexity index is 877. The first-order chi connectivity index (χ1) is 13.7. The van der Waals surface area contributed by atoms with Crippen LogP contribution in [0.15, 0.2) is 60.7 Å². The van der Waals surface area contributed by atoms with Crippen LogP contribution in [0.25, 0.3) is 10.9 Å². The van der Waals surface area contributed by atoms with E-state index in [0.717, 1.165) is 48.3 Å². The lowest BCUT2D eigenvalue weighted by molar-refractivity contribution is 0.102. The summed E-state index contributed by atoms with van der Waals surface area (Å²) < 4.78 is 0. The molecule has 0 saturated carbocycles. The van der Waals surface area contributed by atoms with Crippen molar-refractivity contribution >= 4 is 28.3 Å². The number of benzene rings is 2. The minimum absolute atomic E-state index is 0.109. The van der Waals surface area contributed by atoms with E-state index in [1.54, 1.807) is 0 Å². The molecule has 3 aromatic rings. The van der Waals surface area contributed by atoms with Crippen LogP contribution in [0.2, 0.25) is 0 Å². The maximum atomic E-state index is 12.9. The molecular formula is C24H31N3O. The van der Waals surface area contributed by atoms with Gasteiger partial charge in [-0.2, -0.15) is 0 Å². The fourth-order valence-electron chi connectivity index (χ4n) is 3.01. The molecule has 0 bridgehead atoms. The van der Waals surface area contributed by atoms with Gasteiger partial charge >= 0.3 is 0 Å². The summed E-state index contributed by atoms with van der Waals surface area (Å²) in [6, 6.07) is 19.3. The summed E-state index contributed by atoms with van der Waals surface area (Å²) in [7, 11) is 0. The average Bonchev–Trinajstić information content (AvgIpc) is 2.76. The van der Waals surface area contributed by atoms with Crippen molar-refractivity contribution in [2.45, 2.75) is 40.5 Å². The number of aromatic nitrogens is 1. The van der Waals surface area contributed by atoms with Gasteiger partial charge in [-0.1, -0.05) is 63.6 Å². The number of carbonyl (C=O) groups is 1. The lowest BCUT2D eigenvalue weighted by Crippen LogP contribution is -2.25. The van der Waals surface area contributed by atoms with Crippen molar-refractivity contribution in [3.05, 3.63) is 66.2 Å². The number of rotatable bonds is 7. The number of carbonyl (C=O) groups excluding carboxylic acids is 1. The lowest BCUT2D eigenvalue weighted by atomic mass is 10.1. The van der Waals surface area contributed by atoms with Crippen molar-refractivity contribution in [1.82, 2.24) is 4.98 Å².